The number of thiol groups is 1. The standard InChI is InChI=1S/C18H18N6O3S/c19-15-12-17(24(7-21-12)18-14(28)13(26)11(6-25)27-18)23-16(22-15)9-5-20-10-4-2-1-3-8(9)10/h1-5,7,11,13-14,18,20,25-26,28H,6H2,(H2,19,22,23)/t11-,13-,14-,18-/m1/s1. The van der Waals surface area contributed by atoms with Crippen molar-refractivity contribution in [1.29, 1.82) is 0 Å². The molecule has 5 N–H and O–H groups in total. The highest BCUT2D eigenvalue weighted by Crippen LogP contribution is 2.36. The van der Waals surface area contributed by atoms with Gasteiger partial charge in [-0.1, -0.05) is 18.2 Å². The number of fused-ring (bicyclic) bond motifs is 2. The summed E-state index contributed by atoms with van der Waals surface area (Å²) in [6, 6.07) is 7.84. The molecular weight excluding hydrogens is 380 g/mol. The number of anilines is 1. The predicted molar refractivity (Wildman–Crippen MR) is 107 cm³/mol. The Kier molecular flexibility index (Phi) is 4.02. The van der Waals surface area contributed by atoms with Gasteiger partial charge in [-0.3, -0.25) is 4.57 Å². The van der Waals surface area contributed by atoms with Crippen molar-refractivity contribution in [3.05, 3.63) is 36.8 Å². The van der Waals surface area contributed by atoms with Crippen molar-refractivity contribution in [3.63, 3.8) is 0 Å². The highest BCUT2D eigenvalue weighted by atomic mass is 32.1. The van der Waals surface area contributed by atoms with Crippen molar-refractivity contribution in [3.8, 4) is 11.4 Å². The number of ether oxygens (including phenoxy) is 1. The van der Waals surface area contributed by atoms with Crippen LogP contribution in [0.1, 0.15) is 6.23 Å². The van der Waals surface area contributed by atoms with Gasteiger partial charge in [0.05, 0.1) is 24.3 Å². The summed E-state index contributed by atoms with van der Waals surface area (Å²) in [4.78, 5) is 16.6. The zero-order valence-corrected chi connectivity index (χ0v) is 15.5. The van der Waals surface area contributed by atoms with E-state index in [1.54, 1.807) is 4.57 Å². The number of nitrogen functional groups attached to an aromatic ring is 1. The van der Waals surface area contributed by atoms with Crippen LogP contribution in [0.5, 0.6) is 0 Å². The molecule has 0 bridgehead atoms. The number of aromatic nitrogens is 5. The molecule has 1 aliphatic rings. The third-order valence-electron chi connectivity index (χ3n) is 5.07. The lowest BCUT2D eigenvalue weighted by atomic mass is 10.1. The molecule has 0 saturated carbocycles. The summed E-state index contributed by atoms with van der Waals surface area (Å²) in [6.07, 6.45) is 1.09. The van der Waals surface area contributed by atoms with Crippen molar-refractivity contribution in [2.75, 3.05) is 12.3 Å². The molecule has 10 heteroatoms. The normalized spacial score (nSPS) is 25.1. The van der Waals surface area contributed by atoms with Gasteiger partial charge in [-0.2, -0.15) is 12.6 Å². The summed E-state index contributed by atoms with van der Waals surface area (Å²) in [6.45, 7) is -0.306. The predicted octanol–water partition coefficient (Wildman–Crippen LogP) is 1.11. The number of para-hydroxylation sites is 1. The summed E-state index contributed by atoms with van der Waals surface area (Å²) in [7, 11) is 0. The van der Waals surface area contributed by atoms with Crippen LogP contribution >= 0.6 is 12.6 Å². The van der Waals surface area contributed by atoms with E-state index in [1.165, 1.54) is 6.33 Å². The van der Waals surface area contributed by atoms with Gasteiger partial charge in [-0.15, -0.1) is 0 Å². The minimum atomic E-state index is -0.914. The maximum absolute atomic E-state index is 10.2. The lowest BCUT2D eigenvalue weighted by Gasteiger charge is -2.17. The summed E-state index contributed by atoms with van der Waals surface area (Å²) in [5.74, 6) is 0.703. The van der Waals surface area contributed by atoms with Crippen molar-refractivity contribution in [1.82, 2.24) is 24.5 Å². The third kappa shape index (κ3) is 2.49. The molecule has 9 nitrogen and oxygen atoms in total. The van der Waals surface area contributed by atoms with Crippen LogP contribution in [-0.4, -0.2) is 58.8 Å². The number of H-pyrrole nitrogens is 1. The smallest absolute Gasteiger partial charge is 0.168 e. The second-order valence-electron chi connectivity index (χ2n) is 6.73. The zero-order valence-electron chi connectivity index (χ0n) is 14.6. The average molecular weight is 398 g/mol. The highest BCUT2D eigenvalue weighted by molar-refractivity contribution is 7.81. The second kappa shape index (κ2) is 6.45. The molecule has 1 fully saturated rings. The van der Waals surface area contributed by atoms with E-state index in [9.17, 15) is 10.2 Å². The molecule has 4 aromatic rings. The maximum atomic E-state index is 10.2. The largest absolute Gasteiger partial charge is 0.394 e. The molecule has 0 radical (unpaired) electrons. The molecule has 3 aromatic heterocycles. The lowest BCUT2D eigenvalue weighted by Crippen LogP contribution is -2.30. The fourth-order valence-corrected chi connectivity index (χ4v) is 4.02. The van der Waals surface area contributed by atoms with Crippen LogP contribution in [0.25, 0.3) is 33.5 Å². The number of hydrogen-bond acceptors (Lipinski definition) is 8. The van der Waals surface area contributed by atoms with E-state index in [0.29, 0.717) is 17.0 Å². The summed E-state index contributed by atoms with van der Waals surface area (Å²) in [5.41, 5.74) is 8.85. The topological polar surface area (TPSA) is 135 Å². The molecule has 4 atom stereocenters. The van der Waals surface area contributed by atoms with Crippen LogP contribution in [0.3, 0.4) is 0 Å². The van der Waals surface area contributed by atoms with Gasteiger partial charge in [0.2, 0.25) is 0 Å². The van der Waals surface area contributed by atoms with E-state index in [0.717, 1.165) is 16.5 Å². The number of hydrogen-bond donors (Lipinski definition) is 5. The molecule has 1 saturated heterocycles. The van der Waals surface area contributed by atoms with Crippen LogP contribution in [0.4, 0.5) is 5.82 Å². The fraction of sp³-hybridized carbons (Fsp3) is 0.278. The number of nitrogens with two attached hydrogens (primary N) is 1. The molecule has 0 unspecified atom stereocenters. The summed E-state index contributed by atoms with van der Waals surface area (Å²) < 4.78 is 7.44. The van der Waals surface area contributed by atoms with Gasteiger partial charge in [0, 0.05) is 22.7 Å². The molecule has 28 heavy (non-hydrogen) atoms. The van der Waals surface area contributed by atoms with Crippen LogP contribution in [-0.2, 0) is 4.74 Å². The molecule has 0 spiro atoms. The van der Waals surface area contributed by atoms with E-state index in [2.05, 4.69) is 32.6 Å². The minimum absolute atomic E-state index is 0.247. The first-order valence-electron chi connectivity index (χ1n) is 8.77. The number of benzene rings is 1. The van der Waals surface area contributed by atoms with Gasteiger partial charge >= 0.3 is 0 Å². The third-order valence-corrected chi connectivity index (χ3v) is 5.63. The van der Waals surface area contributed by atoms with E-state index in [-0.39, 0.29) is 12.4 Å². The fourth-order valence-electron chi connectivity index (χ4n) is 3.61. The van der Waals surface area contributed by atoms with Crippen molar-refractivity contribution in [2.24, 2.45) is 0 Å². The van der Waals surface area contributed by atoms with E-state index in [1.807, 2.05) is 30.5 Å². The summed E-state index contributed by atoms with van der Waals surface area (Å²) >= 11 is 4.45. The second-order valence-corrected chi connectivity index (χ2v) is 7.33. The molecule has 1 aliphatic heterocycles. The van der Waals surface area contributed by atoms with Crippen LogP contribution in [0.2, 0.25) is 0 Å². The quantitative estimate of drug-likeness (QED) is 0.326. The lowest BCUT2D eigenvalue weighted by molar-refractivity contribution is -0.0430. The Morgan fingerprint density at radius 2 is 2.11 bits per heavy atom. The number of nitrogens with zero attached hydrogens (tertiary/aromatic N) is 4. The Hall–Kier alpha value is -2.66. The molecule has 0 aliphatic carbocycles. The van der Waals surface area contributed by atoms with Gasteiger partial charge in [-0.05, 0) is 6.07 Å². The number of nitrogens with one attached hydrogen (secondary N) is 1. The highest BCUT2D eigenvalue weighted by Gasteiger charge is 2.43. The molecule has 5 rings (SSSR count). The Bertz CT molecular complexity index is 1170. The number of rotatable bonds is 3. The Morgan fingerprint density at radius 3 is 2.89 bits per heavy atom. The van der Waals surface area contributed by atoms with Crippen molar-refractivity contribution >= 4 is 40.5 Å². The number of aromatic amines is 1. The summed E-state index contributed by atoms with van der Waals surface area (Å²) in [5, 5.41) is 20.0. The number of imidazole rings is 1. The van der Waals surface area contributed by atoms with Crippen molar-refractivity contribution < 1.29 is 14.9 Å². The number of aliphatic hydroxyl groups excluding tert-OH is 2. The van der Waals surface area contributed by atoms with Gasteiger partial charge < -0.3 is 25.7 Å². The van der Waals surface area contributed by atoms with E-state index in [4.69, 9.17) is 10.5 Å². The SMILES string of the molecule is Nc1nc(-c2c[nH]c3ccccc23)nc2c1ncn2[C@@H]1O[C@H](CO)[C@@H](O)[C@H]1S. The molecule has 0 amide bonds. The molecule has 1 aromatic carbocycles. The van der Waals surface area contributed by atoms with Crippen LogP contribution in [0, 0.1) is 0 Å². The minimum Gasteiger partial charge on any atom is -0.394 e. The first-order chi connectivity index (χ1) is 13.6. The number of aliphatic hydroxyl groups is 2. The zero-order chi connectivity index (χ0) is 19.4. The van der Waals surface area contributed by atoms with Gasteiger partial charge in [0.15, 0.2) is 23.5 Å². The average Bonchev–Trinajstić information content (AvgIpc) is 3.39. The monoisotopic (exact) mass is 398 g/mol. The van der Waals surface area contributed by atoms with Crippen LogP contribution in [0.15, 0.2) is 36.8 Å². The van der Waals surface area contributed by atoms with Gasteiger partial charge in [-0.25, -0.2) is 15.0 Å². The van der Waals surface area contributed by atoms with Crippen LogP contribution < -0.4 is 5.73 Å². The molecule has 4 heterocycles. The Labute approximate surface area is 164 Å². The van der Waals surface area contributed by atoms with Gasteiger partial charge in [0.1, 0.15) is 11.6 Å². The first-order valence-corrected chi connectivity index (χ1v) is 9.29. The Balaban J connectivity index is 1.66. The Morgan fingerprint density at radius 1 is 1.29 bits per heavy atom. The maximum Gasteiger partial charge on any atom is 0.168 e. The van der Waals surface area contributed by atoms with E-state index >= 15 is 0 Å². The molecular formula is C18H18N6O3S. The first kappa shape index (κ1) is 17.4. The molecule has 144 valence electrons. The van der Waals surface area contributed by atoms with Gasteiger partial charge in [0.25, 0.3) is 0 Å². The van der Waals surface area contributed by atoms with Crippen molar-refractivity contribution in [2.45, 2.75) is 23.7 Å². The van der Waals surface area contributed by atoms with E-state index < -0.39 is 23.7 Å².